The van der Waals surface area contributed by atoms with Gasteiger partial charge in [0.25, 0.3) is 0 Å². The van der Waals surface area contributed by atoms with E-state index in [1.165, 1.54) is 55.9 Å². The SMILES string of the molecule is CC[C@@H](C(=O)N1CC[C@@H](c2ccccc2)C[C@H]1C1CCCCC1)[C@]1(CC)CCCc2c(NC(=O)OC)cccc21. The third kappa shape index (κ3) is 5.53. The van der Waals surface area contributed by atoms with Crippen molar-refractivity contribution in [1.82, 2.24) is 4.90 Å². The molecule has 0 bridgehead atoms. The number of ether oxygens (including phenoxy) is 1. The van der Waals surface area contributed by atoms with E-state index in [2.05, 4.69) is 60.5 Å². The summed E-state index contributed by atoms with van der Waals surface area (Å²) in [7, 11) is 1.40. The van der Waals surface area contributed by atoms with E-state index in [9.17, 15) is 9.59 Å². The Morgan fingerprint density at radius 2 is 1.77 bits per heavy atom. The Hall–Kier alpha value is -2.82. The van der Waals surface area contributed by atoms with Gasteiger partial charge in [-0.25, -0.2) is 4.79 Å². The Morgan fingerprint density at radius 1 is 1.00 bits per heavy atom. The molecule has 2 amide bonds. The van der Waals surface area contributed by atoms with Gasteiger partial charge < -0.3 is 9.64 Å². The largest absolute Gasteiger partial charge is 0.453 e. The quantitative estimate of drug-likeness (QED) is 0.382. The van der Waals surface area contributed by atoms with Gasteiger partial charge in [-0.3, -0.25) is 10.1 Å². The zero-order chi connectivity index (χ0) is 28.1. The van der Waals surface area contributed by atoms with Gasteiger partial charge >= 0.3 is 6.09 Å². The molecular weight excluding hydrogens is 496 g/mol. The minimum absolute atomic E-state index is 0.0655. The van der Waals surface area contributed by atoms with Crippen LogP contribution in [0.5, 0.6) is 0 Å². The lowest BCUT2D eigenvalue weighted by molar-refractivity contribution is -0.144. The zero-order valence-corrected chi connectivity index (χ0v) is 24.8. The van der Waals surface area contributed by atoms with Gasteiger partial charge in [-0.05, 0) is 92.4 Å². The third-order valence-corrected chi connectivity index (χ3v) is 10.6. The molecule has 5 nitrogen and oxygen atoms in total. The average molecular weight is 545 g/mol. The summed E-state index contributed by atoms with van der Waals surface area (Å²) in [6.45, 7) is 5.31. The van der Waals surface area contributed by atoms with E-state index in [4.69, 9.17) is 4.74 Å². The Kier molecular flexibility index (Phi) is 9.17. The van der Waals surface area contributed by atoms with Crippen molar-refractivity contribution in [2.75, 3.05) is 19.0 Å². The topological polar surface area (TPSA) is 58.6 Å². The molecule has 1 saturated heterocycles. The summed E-state index contributed by atoms with van der Waals surface area (Å²) in [6, 6.07) is 17.5. The Morgan fingerprint density at radius 3 is 2.48 bits per heavy atom. The molecule has 40 heavy (non-hydrogen) atoms. The number of anilines is 1. The second kappa shape index (κ2) is 12.8. The number of carbonyl (C=O) groups excluding carboxylic acids is 2. The summed E-state index contributed by atoms with van der Waals surface area (Å²) in [5, 5.41) is 2.95. The van der Waals surface area contributed by atoms with Gasteiger partial charge in [0.15, 0.2) is 0 Å². The summed E-state index contributed by atoms with van der Waals surface area (Å²) in [5.41, 5.74) is 4.47. The maximum absolute atomic E-state index is 14.8. The number of piperidine rings is 1. The van der Waals surface area contributed by atoms with Gasteiger partial charge in [0.05, 0.1) is 7.11 Å². The van der Waals surface area contributed by atoms with Crippen molar-refractivity contribution in [3.8, 4) is 0 Å². The van der Waals surface area contributed by atoms with Gasteiger partial charge in [0, 0.05) is 29.6 Å². The van der Waals surface area contributed by atoms with Crippen LogP contribution >= 0.6 is 0 Å². The standard InChI is InChI=1S/C35H48N2O3/c1-4-29(35(5-2)22-13-18-28-30(35)19-12-20-31(28)36-34(39)40-3)33(38)37-23-21-27(25-14-8-6-9-15-25)24-32(37)26-16-10-7-11-17-26/h6,8-9,12,14-15,19-20,26-27,29,32H,4-5,7,10-11,13,16-18,21-24H2,1-3H3,(H,36,39)/t27-,29+,32+,35+/m1/s1. The van der Waals surface area contributed by atoms with E-state index in [0.717, 1.165) is 57.2 Å². The highest BCUT2D eigenvalue weighted by Crippen LogP contribution is 2.50. The molecule has 0 aromatic heterocycles. The van der Waals surface area contributed by atoms with E-state index >= 15 is 0 Å². The highest BCUT2D eigenvalue weighted by atomic mass is 16.5. The van der Waals surface area contributed by atoms with Crippen molar-refractivity contribution in [1.29, 1.82) is 0 Å². The number of hydrogen-bond donors (Lipinski definition) is 1. The molecule has 3 aliphatic rings. The van der Waals surface area contributed by atoms with E-state index in [0.29, 0.717) is 23.8 Å². The highest BCUT2D eigenvalue weighted by molar-refractivity contribution is 5.86. The lowest BCUT2D eigenvalue weighted by Crippen LogP contribution is -2.55. The monoisotopic (exact) mass is 544 g/mol. The van der Waals surface area contributed by atoms with E-state index in [-0.39, 0.29) is 11.3 Å². The summed E-state index contributed by atoms with van der Waals surface area (Å²) >= 11 is 0. The second-order valence-electron chi connectivity index (χ2n) is 12.4. The van der Waals surface area contributed by atoms with Crippen LogP contribution in [0.3, 0.4) is 0 Å². The molecule has 1 aliphatic heterocycles. The molecule has 1 saturated carbocycles. The summed E-state index contributed by atoms with van der Waals surface area (Å²) in [5.74, 6) is 1.43. The van der Waals surface area contributed by atoms with Crippen molar-refractivity contribution in [3.63, 3.8) is 0 Å². The number of methoxy groups -OCH3 is 1. The zero-order valence-electron chi connectivity index (χ0n) is 24.8. The molecule has 1 heterocycles. The fourth-order valence-electron chi connectivity index (χ4n) is 8.56. The fourth-order valence-corrected chi connectivity index (χ4v) is 8.56. The van der Waals surface area contributed by atoms with Crippen LogP contribution < -0.4 is 5.32 Å². The predicted molar refractivity (Wildman–Crippen MR) is 162 cm³/mol. The number of nitrogens with one attached hydrogen (secondary N) is 1. The fraction of sp³-hybridized carbons (Fsp3) is 0.600. The third-order valence-electron chi connectivity index (χ3n) is 10.6. The summed E-state index contributed by atoms with van der Waals surface area (Å²) in [4.78, 5) is 29.3. The van der Waals surface area contributed by atoms with Gasteiger partial charge in [-0.1, -0.05) is 75.6 Å². The molecule has 1 N–H and O–H groups in total. The highest BCUT2D eigenvalue weighted by Gasteiger charge is 2.48. The van der Waals surface area contributed by atoms with Crippen molar-refractivity contribution >= 4 is 17.7 Å². The Bertz CT molecular complexity index is 1160. The van der Waals surface area contributed by atoms with Crippen LogP contribution in [-0.2, 0) is 21.4 Å². The minimum atomic E-state index is -0.444. The molecule has 2 aromatic carbocycles. The number of amides is 2. The molecule has 4 atom stereocenters. The molecule has 5 rings (SSSR count). The molecule has 0 unspecified atom stereocenters. The second-order valence-corrected chi connectivity index (χ2v) is 12.4. The smallest absolute Gasteiger partial charge is 0.411 e. The predicted octanol–water partition coefficient (Wildman–Crippen LogP) is 8.23. The maximum atomic E-state index is 14.8. The summed E-state index contributed by atoms with van der Waals surface area (Å²) < 4.78 is 4.91. The van der Waals surface area contributed by atoms with Crippen molar-refractivity contribution in [2.24, 2.45) is 11.8 Å². The first-order valence-corrected chi connectivity index (χ1v) is 15.8. The van der Waals surface area contributed by atoms with Crippen LogP contribution in [0.25, 0.3) is 0 Å². The van der Waals surface area contributed by atoms with Crippen molar-refractivity contribution in [2.45, 2.75) is 108 Å². The van der Waals surface area contributed by atoms with Crippen LogP contribution in [0, 0.1) is 11.8 Å². The molecule has 5 heteroatoms. The molecule has 216 valence electrons. The van der Waals surface area contributed by atoms with E-state index in [1.807, 2.05) is 12.1 Å². The number of fused-ring (bicyclic) bond motifs is 1. The van der Waals surface area contributed by atoms with Crippen molar-refractivity contribution in [3.05, 3.63) is 65.2 Å². The van der Waals surface area contributed by atoms with Crippen LogP contribution in [0.4, 0.5) is 10.5 Å². The first-order chi connectivity index (χ1) is 19.5. The van der Waals surface area contributed by atoms with Crippen LogP contribution in [0.2, 0.25) is 0 Å². The molecule has 2 fully saturated rings. The lowest BCUT2D eigenvalue weighted by atomic mass is 9.60. The summed E-state index contributed by atoms with van der Waals surface area (Å²) in [6.07, 6.45) is 12.8. The van der Waals surface area contributed by atoms with Crippen LogP contribution in [0.15, 0.2) is 48.5 Å². The number of rotatable bonds is 7. The number of hydrogen-bond acceptors (Lipinski definition) is 3. The average Bonchev–Trinajstić information content (AvgIpc) is 3.02. The number of carbonyl (C=O) groups is 2. The normalized spacial score (nSPS) is 26.0. The molecular formula is C35H48N2O3. The molecule has 0 spiro atoms. The van der Waals surface area contributed by atoms with Gasteiger partial charge in [-0.15, -0.1) is 0 Å². The van der Waals surface area contributed by atoms with Crippen LogP contribution in [0.1, 0.15) is 107 Å². The first-order valence-electron chi connectivity index (χ1n) is 15.8. The first kappa shape index (κ1) is 28.7. The lowest BCUT2D eigenvalue weighted by Gasteiger charge is -2.50. The van der Waals surface area contributed by atoms with Crippen molar-refractivity contribution < 1.29 is 14.3 Å². The Balaban J connectivity index is 1.47. The van der Waals surface area contributed by atoms with Gasteiger partial charge in [-0.2, -0.15) is 0 Å². The molecule has 2 aliphatic carbocycles. The number of likely N-dealkylation sites (tertiary alicyclic amines) is 1. The molecule has 2 aromatic rings. The molecule has 0 radical (unpaired) electrons. The number of benzene rings is 2. The minimum Gasteiger partial charge on any atom is -0.453 e. The van der Waals surface area contributed by atoms with Gasteiger partial charge in [0.2, 0.25) is 5.91 Å². The Labute approximate surface area is 241 Å². The number of nitrogens with zero attached hydrogens (tertiary/aromatic N) is 1. The van der Waals surface area contributed by atoms with Gasteiger partial charge in [0.1, 0.15) is 0 Å². The van der Waals surface area contributed by atoms with E-state index in [1.54, 1.807) is 0 Å². The van der Waals surface area contributed by atoms with E-state index < -0.39 is 6.09 Å². The maximum Gasteiger partial charge on any atom is 0.411 e. The van der Waals surface area contributed by atoms with Crippen LogP contribution in [-0.4, -0.2) is 36.6 Å².